The number of aryl methyl sites for hydroxylation is 1. The summed E-state index contributed by atoms with van der Waals surface area (Å²) in [4.78, 5) is 4.73. The van der Waals surface area contributed by atoms with Gasteiger partial charge in [0.1, 0.15) is 11.6 Å². The maximum atomic E-state index is 6.05. The predicted molar refractivity (Wildman–Crippen MR) is 75.2 cm³/mol. The Bertz CT molecular complexity index is 603. The molecule has 0 fully saturated rings. The highest BCUT2D eigenvalue weighted by molar-refractivity contribution is 5.69. The van der Waals surface area contributed by atoms with Crippen LogP contribution in [0.5, 0.6) is 5.75 Å². The maximum absolute atomic E-state index is 6.05. The number of imidazole rings is 1. The van der Waals surface area contributed by atoms with Gasteiger partial charge < -0.3 is 15.0 Å². The lowest BCUT2D eigenvalue weighted by molar-refractivity contribution is 0.416. The zero-order chi connectivity index (χ0) is 13.4. The van der Waals surface area contributed by atoms with Gasteiger partial charge in [-0.1, -0.05) is 12.1 Å². The van der Waals surface area contributed by atoms with Crippen LogP contribution in [0.1, 0.15) is 17.9 Å². The van der Waals surface area contributed by atoms with E-state index < -0.39 is 0 Å². The Labute approximate surface area is 113 Å². The Balaban J connectivity index is 2.14. The van der Waals surface area contributed by atoms with Crippen molar-refractivity contribution < 1.29 is 4.74 Å². The van der Waals surface area contributed by atoms with Crippen molar-refractivity contribution in [2.24, 2.45) is 5.73 Å². The largest absolute Gasteiger partial charge is 0.496 e. The molecule has 2 heterocycles. The Morgan fingerprint density at radius 1 is 1.37 bits per heavy atom. The lowest BCUT2D eigenvalue weighted by Gasteiger charge is -2.22. The van der Waals surface area contributed by atoms with Crippen molar-refractivity contribution >= 4 is 0 Å². The van der Waals surface area contributed by atoms with Gasteiger partial charge >= 0.3 is 0 Å². The summed E-state index contributed by atoms with van der Waals surface area (Å²) in [5.74, 6) is 1.91. The first-order valence-electron chi connectivity index (χ1n) is 6.65. The van der Waals surface area contributed by atoms with Crippen LogP contribution in [-0.2, 0) is 13.0 Å². The molecule has 2 N–H and O–H groups in total. The molecule has 19 heavy (non-hydrogen) atoms. The van der Waals surface area contributed by atoms with E-state index in [1.165, 1.54) is 5.69 Å². The van der Waals surface area contributed by atoms with Gasteiger partial charge in [0.05, 0.1) is 12.8 Å². The van der Waals surface area contributed by atoms with Gasteiger partial charge in [0.2, 0.25) is 0 Å². The van der Waals surface area contributed by atoms with Crippen molar-refractivity contribution in [1.82, 2.24) is 9.55 Å². The van der Waals surface area contributed by atoms with Crippen molar-refractivity contribution in [3.8, 4) is 17.0 Å². The summed E-state index contributed by atoms with van der Waals surface area (Å²) < 4.78 is 7.69. The van der Waals surface area contributed by atoms with E-state index >= 15 is 0 Å². The fourth-order valence-corrected chi connectivity index (χ4v) is 2.81. The van der Waals surface area contributed by atoms with Crippen molar-refractivity contribution in [2.75, 3.05) is 7.11 Å². The number of hydrogen-bond acceptors (Lipinski definition) is 3. The average molecular weight is 257 g/mol. The third-order valence-corrected chi connectivity index (χ3v) is 3.79. The van der Waals surface area contributed by atoms with E-state index in [2.05, 4.69) is 10.6 Å². The van der Waals surface area contributed by atoms with Crippen LogP contribution in [0.25, 0.3) is 11.3 Å². The first-order chi connectivity index (χ1) is 9.20. The van der Waals surface area contributed by atoms with Crippen LogP contribution in [0.2, 0.25) is 0 Å². The van der Waals surface area contributed by atoms with Crippen molar-refractivity contribution in [3.05, 3.63) is 35.8 Å². The standard InChI is InChI=1S/C15H19N3O/c1-10-17-15(12-5-3-4-6-14(12)19-2)13-8-7-11(16)9-18(10)13/h3-6,11H,7-9,16H2,1-2H3. The van der Waals surface area contributed by atoms with E-state index in [1.54, 1.807) is 7.11 Å². The summed E-state index contributed by atoms with van der Waals surface area (Å²) in [6.45, 7) is 2.91. The minimum absolute atomic E-state index is 0.242. The van der Waals surface area contributed by atoms with Crippen LogP contribution in [0.3, 0.4) is 0 Å². The van der Waals surface area contributed by atoms with Crippen LogP contribution >= 0.6 is 0 Å². The molecule has 1 aromatic heterocycles. The predicted octanol–water partition coefficient (Wildman–Crippen LogP) is 2.14. The molecule has 1 atom stereocenters. The summed E-state index contributed by atoms with van der Waals surface area (Å²) >= 11 is 0. The van der Waals surface area contributed by atoms with E-state index in [0.717, 1.165) is 42.2 Å². The molecule has 0 aliphatic carbocycles. The quantitative estimate of drug-likeness (QED) is 0.896. The fraction of sp³-hybridized carbons (Fsp3) is 0.400. The maximum Gasteiger partial charge on any atom is 0.128 e. The second-order valence-corrected chi connectivity index (χ2v) is 5.06. The number of fused-ring (bicyclic) bond motifs is 1. The molecule has 4 heteroatoms. The number of ether oxygens (including phenoxy) is 1. The molecule has 100 valence electrons. The lowest BCUT2D eigenvalue weighted by Crippen LogP contribution is -2.32. The molecule has 4 nitrogen and oxygen atoms in total. The summed E-state index contributed by atoms with van der Waals surface area (Å²) in [7, 11) is 1.70. The zero-order valence-corrected chi connectivity index (χ0v) is 11.4. The number of nitrogens with zero attached hydrogens (tertiary/aromatic N) is 2. The van der Waals surface area contributed by atoms with Crippen molar-refractivity contribution in [2.45, 2.75) is 32.4 Å². The van der Waals surface area contributed by atoms with E-state index in [4.69, 9.17) is 15.5 Å². The number of benzene rings is 1. The molecule has 1 aliphatic rings. The first-order valence-corrected chi connectivity index (χ1v) is 6.65. The number of nitrogens with two attached hydrogens (primary N) is 1. The molecule has 0 bridgehead atoms. The summed E-state index contributed by atoms with van der Waals surface area (Å²) in [6, 6.07) is 8.29. The molecular weight excluding hydrogens is 238 g/mol. The van der Waals surface area contributed by atoms with Gasteiger partial charge in [0.15, 0.2) is 0 Å². The topological polar surface area (TPSA) is 53.1 Å². The van der Waals surface area contributed by atoms with Crippen LogP contribution in [0.15, 0.2) is 24.3 Å². The zero-order valence-electron chi connectivity index (χ0n) is 11.4. The SMILES string of the molecule is COc1ccccc1-c1nc(C)n2c1CCC(N)C2. The second-order valence-electron chi connectivity index (χ2n) is 5.06. The number of para-hydroxylation sites is 1. The van der Waals surface area contributed by atoms with E-state index in [-0.39, 0.29) is 6.04 Å². The molecule has 1 aliphatic heterocycles. The molecule has 0 saturated heterocycles. The van der Waals surface area contributed by atoms with Gasteiger partial charge in [-0.05, 0) is 31.9 Å². The highest BCUT2D eigenvalue weighted by atomic mass is 16.5. The summed E-state index contributed by atoms with van der Waals surface area (Å²) in [6.07, 6.45) is 2.00. The number of aromatic nitrogens is 2. The minimum atomic E-state index is 0.242. The minimum Gasteiger partial charge on any atom is -0.496 e. The Morgan fingerprint density at radius 3 is 2.95 bits per heavy atom. The van der Waals surface area contributed by atoms with Gasteiger partial charge in [-0.2, -0.15) is 0 Å². The Morgan fingerprint density at radius 2 is 2.16 bits per heavy atom. The van der Waals surface area contributed by atoms with Gasteiger partial charge in [-0.15, -0.1) is 0 Å². The lowest BCUT2D eigenvalue weighted by atomic mass is 10.0. The normalized spacial score (nSPS) is 18.2. The van der Waals surface area contributed by atoms with E-state index in [1.807, 2.05) is 25.1 Å². The third-order valence-electron chi connectivity index (χ3n) is 3.79. The molecule has 0 radical (unpaired) electrons. The van der Waals surface area contributed by atoms with Crippen LogP contribution in [0.4, 0.5) is 0 Å². The monoisotopic (exact) mass is 257 g/mol. The van der Waals surface area contributed by atoms with Gasteiger partial charge in [0, 0.05) is 23.8 Å². The second kappa shape index (κ2) is 4.70. The summed E-state index contributed by atoms with van der Waals surface area (Å²) in [5, 5.41) is 0. The highest BCUT2D eigenvalue weighted by Gasteiger charge is 2.23. The molecule has 2 aromatic rings. The molecule has 0 amide bonds. The Kier molecular flexibility index (Phi) is 3.03. The molecule has 0 saturated carbocycles. The van der Waals surface area contributed by atoms with Gasteiger partial charge in [0.25, 0.3) is 0 Å². The van der Waals surface area contributed by atoms with Crippen LogP contribution < -0.4 is 10.5 Å². The third kappa shape index (κ3) is 2.02. The molecule has 1 aromatic carbocycles. The van der Waals surface area contributed by atoms with E-state index in [0.29, 0.717) is 0 Å². The highest BCUT2D eigenvalue weighted by Crippen LogP contribution is 2.34. The molecule has 0 spiro atoms. The van der Waals surface area contributed by atoms with Gasteiger partial charge in [-0.25, -0.2) is 4.98 Å². The number of hydrogen-bond donors (Lipinski definition) is 1. The molecule has 1 unspecified atom stereocenters. The number of rotatable bonds is 2. The van der Waals surface area contributed by atoms with Crippen molar-refractivity contribution in [1.29, 1.82) is 0 Å². The first kappa shape index (κ1) is 12.2. The van der Waals surface area contributed by atoms with E-state index in [9.17, 15) is 0 Å². The van der Waals surface area contributed by atoms with Crippen LogP contribution in [-0.4, -0.2) is 22.7 Å². The van der Waals surface area contributed by atoms with Crippen LogP contribution in [0, 0.1) is 6.92 Å². The van der Waals surface area contributed by atoms with Gasteiger partial charge in [-0.3, -0.25) is 0 Å². The Hall–Kier alpha value is -1.81. The fourth-order valence-electron chi connectivity index (χ4n) is 2.81. The molecule has 3 rings (SSSR count). The molecular formula is C15H19N3O. The number of methoxy groups -OCH3 is 1. The summed E-state index contributed by atoms with van der Waals surface area (Å²) in [5.41, 5.74) is 9.44. The average Bonchev–Trinajstić information content (AvgIpc) is 2.75. The van der Waals surface area contributed by atoms with Crippen molar-refractivity contribution in [3.63, 3.8) is 0 Å². The smallest absolute Gasteiger partial charge is 0.128 e.